The van der Waals surface area contributed by atoms with Crippen molar-refractivity contribution in [3.05, 3.63) is 58.8 Å². The molecule has 1 atom stereocenters. The van der Waals surface area contributed by atoms with Crippen LogP contribution < -0.4 is 9.62 Å². The van der Waals surface area contributed by atoms with Gasteiger partial charge in [-0.2, -0.15) is 5.26 Å². The number of nitriles is 1. The number of carbonyl (C=O) groups is 2. The molecule has 32 heavy (non-hydrogen) atoms. The average molecular weight is 455 g/mol. The summed E-state index contributed by atoms with van der Waals surface area (Å²) >= 11 is 0. The van der Waals surface area contributed by atoms with Crippen LogP contribution in [0.2, 0.25) is 0 Å². The number of nitrogens with one attached hydrogen (secondary N) is 1. The molecule has 4 rings (SSSR count). The maximum atomic E-state index is 12.7. The van der Waals surface area contributed by atoms with Crippen molar-refractivity contribution in [2.24, 2.45) is 5.92 Å². The van der Waals surface area contributed by atoms with E-state index in [0.29, 0.717) is 48.6 Å². The van der Waals surface area contributed by atoms with Gasteiger partial charge in [-0.3, -0.25) is 9.52 Å². The molecule has 0 saturated carbocycles. The number of esters is 1. The Morgan fingerprint density at radius 3 is 2.62 bits per heavy atom. The molecule has 1 aromatic carbocycles. The number of sulfonamides is 1. The second kappa shape index (κ2) is 8.59. The summed E-state index contributed by atoms with van der Waals surface area (Å²) in [6, 6.07) is 12.3. The summed E-state index contributed by atoms with van der Waals surface area (Å²) in [5.41, 5.74) is 1.67. The van der Waals surface area contributed by atoms with Gasteiger partial charge in [0, 0.05) is 19.0 Å². The third-order valence-corrected chi connectivity index (χ3v) is 7.59. The van der Waals surface area contributed by atoms with Crippen molar-refractivity contribution in [3.8, 4) is 6.07 Å². The summed E-state index contributed by atoms with van der Waals surface area (Å²) in [7, 11) is -3.86. The molecule has 0 aliphatic carbocycles. The Labute approximate surface area is 186 Å². The highest BCUT2D eigenvalue weighted by Crippen LogP contribution is 2.29. The maximum absolute atomic E-state index is 12.7. The summed E-state index contributed by atoms with van der Waals surface area (Å²) in [6.45, 7) is 2.48. The highest BCUT2D eigenvalue weighted by atomic mass is 32.2. The van der Waals surface area contributed by atoms with Crippen LogP contribution in [0, 0.1) is 17.2 Å². The molecule has 2 aromatic rings. The van der Waals surface area contributed by atoms with E-state index in [-0.39, 0.29) is 12.2 Å². The van der Waals surface area contributed by atoms with Crippen molar-refractivity contribution >= 4 is 27.7 Å². The van der Waals surface area contributed by atoms with Crippen LogP contribution in [0.15, 0.2) is 36.4 Å². The third kappa shape index (κ3) is 4.16. The first-order valence-electron chi connectivity index (χ1n) is 10.3. The quantitative estimate of drug-likeness (QED) is 0.680. The van der Waals surface area contributed by atoms with E-state index in [1.165, 1.54) is 6.07 Å². The Balaban J connectivity index is 1.41. The minimum Gasteiger partial charge on any atom is -0.455 e. The van der Waals surface area contributed by atoms with Crippen LogP contribution in [0.5, 0.6) is 0 Å². The minimum atomic E-state index is -3.86. The molecular weight excluding hydrogens is 432 g/mol. The van der Waals surface area contributed by atoms with Gasteiger partial charge in [-0.25, -0.2) is 18.2 Å². The molecular formula is C22H22N4O5S. The number of aromatic nitrogens is 1. The van der Waals surface area contributed by atoms with Crippen LogP contribution >= 0.6 is 0 Å². The lowest BCUT2D eigenvalue weighted by atomic mass is 9.96. The highest BCUT2D eigenvalue weighted by molar-refractivity contribution is 7.90. The molecule has 1 amide bonds. The molecule has 9 nitrogen and oxygen atoms in total. The lowest BCUT2D eigenvalue weighted by Crippen LogP contribution is -2.43. The van der Waals surface area contributed by atoms with Crippen LogP contribution in [-0.4, -0.2) is 38.4 Å². The third-order valence-electron chi connectivity index (χ3n) is 5.90. The zero-order chi connectivity index (χ0) is 22.9. The Bertz CT molecular complexity index is 1200. The van der Waals surface area contributed by atoms with E-state index in [2.05, 4.69) is 15.8 Å². The number of benzene rings is 1. The Kier molecular flexibility index (Phi) is 5.84. The van der Waals surface area contributed by atoms with Crippen LogP contribution in [-0.2, 0) is 26.2 Å². The molecule has 3 heterocycles. The lowest BCUT2D eigenvalue weighted by molar-refractivity contribution is -0.123. The molecule has 2 aliphatic rings. The number of cyclic esters (lactones) is 1. The van der Waals surface area contributed by atoms with E-state index in [4.69, 9.17) is 4.74 Å². The second-order valence-electron chi connectivity index (χ2n) is 7.87. The maximum Gasteiger partial charge on any atom is 0.340 e. The fourth-order valence-electron chi connectivity index (χ4n) is 3.93. The van der Waals surface area contributed by atoms with Crippen LogP contribution in [0.1, 0.15) is 52.2 Å². The number of ether oxygens (including phenoxy) is 1. The van der Waals surface area contributed by atoms with Crippen molar-refractivity contribution in [2.75, 3.05) is 18.0 Å². The van der Waals surface area contributed by atoms with Gasteiger partial charge in [0.2, 0.25) is 15.9 Å². The number of pyridine rings is 1. The van der Waals surface area contributed by atoms with Crippen molar-refractivity contribution in [1.82, 2.24) is 9.71 Å². The predicted molar refractivity (Wildman–Crippen MR) is 115 cm³/mol. The Hall–Kier alpha value is -3.45. The predicted octanol–water partition coefficient (Wildman–Crippen LogP) is 2.05. The fraction of sp³-hybridized carbons (Fsp3) is 0.364. The molecule has 1 fully saturated rings. The zero-order valence-corrected chi connectivity index (χ0v) is 18.3. The van der Waals surface area contributed by atoms with Gasteiger partial charge in [0.25, 0.3) is 0 Å². The highest BCUT2D eigenvalue weighted by Gasteiger charge is 2.33. The van der Waals surface area contributed by atoms with Crippen LogP contribution in [0.3, 0.4) is 0 Å². The topological polar surface area (TPSA) is 129 Å². The number of hydrogen-bond donors (Lipinski definition) is 1. The first-order valence-corrected chi connectivity index (χ1v) is 11.8. The van der Waals surface area contributed by atoms with Crippen molar-refractivity contribution in [1.29, 1.82) is 5.26 Å². The van der Waals surface area contributed by atoms with Gasteiger partial charge in [-0.05, 0) is 31.4 Å². The molecule has 10 heteroatoms. The SMILES string of the molecule is CC(c1ccccc1)S(=O)(=O)NC(=O)C1CCN(c2nc3c(cc2C#N)C(=O)OC3)CC1. The molecule has 2 aliphatic heterocycles. The summed E-state index contributed by atoms with van der Waals surface area (Å²) in [6.07, 6.45) is 0.834. The van der Waals surface area contributed by atoms with Crippen molar-refractivity contribution < 1.29 is 22.7 Å². The van der Waals surface area contributed by atoms with E-state index >= 15 is 0 Å². The van der Waals surface area contributed by atoms with E-state index in [1.807, 2.05) is 4.90 Å². The second-order valence-corrected chi connectivity index (χ2v) is 9.87. The molecule has 1 saturated heterocycles. The number of rotatable bonds is 5. The smallest absolute Gasteiger partial charge is 0.340 e. The van der Waals surface area contributed by atoms with E-state index in [9.17, 15) is 23.3 Å². The first-order chi connectivity index (χ1) is 15.3. The van der Waals surface area contributed by atoms with Gasteiger partial charge in [0.15, 0.2) is 0 Å². The molecule has 0 spiro atoms. The Morgan fingerprint density at radius 1 is 1.28 bits per heavy atom. The Morgan fingerprint density at radius 2 is 1.97 bits per heavy atom. The minimum absolute atomic E-state index is 0.0726. The normalized spacial score (nSPS) is 17.2. The number of carbonyl (C=O) groups excluding carboxylic acids is 2. The van der Waals surface area contributed by atoms with Gasteiger partial charge in [-0.1, -0.05) is 30.3 Å². The summed E-state index contributed by atoms with van der Waals surface area (Å²) in [5, 5.41) is 8.63. The average Bonchev–Trinajstić information content (AvgIpc) is 3.17. The van der Waals surface area contributed by atoms with Gasteiger partial charge in [-0.15, -0.1) is 0 Å². The van der Waals surface area contributed by atoms with Gasteiger partial charge in [0.1, 0.15) is 23.7 Å². The van der Waals surface area contributed by atoms with Crippen LogP contribution in [0.4, 0.5) is 5.82 Å². The summed E-state index contributed by atoms with van der Waals surface area (Å²) < 4.78 is 32.5. The number of nitrogens with zero attached hydrogens (tertiary/aromatic N) is 3. The molecule has 0 radical (unpaired) electrons. The number of amides is 1. The van der Waals surface area contributed by atoms with E-state index < -0.39 is 33.1 Å². The largest absolute Gasteiger partial charge is 0.455 e. The van der Waals surface area contributed by atoms with Gasteiger partial charge < -0.3 is 9.64 Å². The number of anilines is 1. The zero-order valence-electron chi connectivity index (χ0n) is 17.4. The lowest BCUT2D eigenvalue weighted by Gasteiger charge is -2.32. The van der Waals surface area contributed by atoms with Crippen LogP contribution in [0.25, 0.3) is 0 Å². The standard InChI is InChI=1S/C22H22N4O5S/c1-14(15-5-3-2-4-6-15)32(29,30)25-21(27)16-7-9-26(10-8-16)20-17(12-23)11-18-19(24-20)13-31-22(18)28/h2-6,11,14,16H,7-10,13H2,1H3,(H,25,27). The number of fused-ring (bicyclic) bond motifs is 1. The van der Waals surface area contributed by atoms with E-state index in [0.717, 1.165) is 0 Å². The number of hydrogen-bond acceptors (Lipinski definition) is 8. The molecule has 166 valence electrons. The monoisotopic (exact) mass is 454 g/mol. The first kappa shape index (κ1) is 21.8. The fourth-order valence-corrected chi connectivity index (χ4v) is 5.07. The van der Waals surface area contributed by atoms with E-state index in [1.54, 1.807) is 37.3 Å². The molecule has 1 aromatic heterocycles. The molecule has 0 bridgehead atoms. The summed E-state index contributed by atoms with van der Waals surface area (Å²) in [5.74, 6) is -1.02. The van der Waals surface area contributed by atoms with Gasteiger partial charge in [0.05, 0.1) is 16.8 Å². The van der Waals surface area contributed by atoms with Crippen molar-refractivity contribution in [2.45, 2.75) is 31.6 Å². The summed E-state index contributed by atoms with van der Waals surface area (Å²) in [4.78, 5) is 30.7. The van der Waals surface area contributed by atoms with Crippen molar-refractivity contribution in [3.63, 3.8) is 0 Å². The molecule has 1 unspecified atom stereocenters. The number of piperidine rings is 1. The molecule has 1 N–H and O–H groups in total. The van der Waals surface area contributed by atoms with Gasteiger partial charge >= 0.3 is 5.97 Å².